The molecule has 6 nitrogen and oxygen atoms in total. The van der Waals surface area contributed by atoms with Crippen molar-refractivity contribution < 1.29 is 0 Å². The van der Waals surface area contributed by atoms with E-state index in [1.54, 1.807) is 0 Å². The van der Waals surface area contributed by atoms with Crippen LogP contribution >= 0.6 is 12.4 Å². The summed E-state index contributed by atoms with van der Waals surface area (Å²) in [5.41, 5.74) is 3.78. The van der Waals surface area contributed by atoms with E-state index in [1.165, 1.54) is 12.2 Å². The Labute approximate surface area is 194 Å². The molecule has 2 aromatic heterocycles. The summed E-state index contributed by atoms with van der Waals surface area (Å²) in [6.45, 7) is 6.16. The van der Waals surface area contributed by atoms with Gasteiger partial charge in [0.2, 0.25) is 0 Å². The molecule has 0 spiro atoms. The summed E-state index contributed by atoms with van der Waals surface area (Å²) >= 11 is 0. The first-order valence-corrected chi connectivity index (χ1v) is 11.0. The highest BCUT2D eigenvalue weighted by Crippen LogP contribution is 2.26. The lowest BCUT2D eigenvalue weighted by Gasteiger charge is -2.10. The quantitative estimate of drug-likeness (QED) is 0.336. The molecule has 0 amide bonds. The number of aryl methyl sites for hydroxylation is 3. The molecule has 32 heavy (non-hydrogen) atoms. The number of hydrogen-bond donors (Lipinski definition) is 2. The summed E-state index contributed by atoms with van der Waals surface area (Å²) in [5, 5.41) is 12.0. The Bertz CT molecular complexity index is 1230. The maximum Gasteiger partial charge on any atom is 0.272 e. The summed E-state index contributed by atoms with van der Waals surface area (Å²) < 4.78 is 2.29. The van der Waals surface area contributed by atoms with Crippen molar-refractivity contribution in [3.8, 4) is 11.3 Å². The summed E-state index contributed by atoms with van der Waals surface area (Å²) in [4.78, 5) is 16.6. The van der Waals surface area contributed by atoms with Crippen molar-refractivity contribution >= 4 is 28.9 Å². The van der Waals surface area contributed by atoms with Crippen molar-refractivity contribution in [1.29, 1.82) is 0 Å². The highest BCUT2D eigenvalue weighted by molar-refractivity contribution is 5.94. The van der Waals surface area contributed by atoms with Crippen LogP contribution < -0.4 is 10.9 Å². The first-order chi connectivity index (χ1) is 15.2. The molecule has 0 bridgehead atoms. The molecule has 2 aromatic carbocycles. The van der Waals surface area contributed by atoms with Gasteiger partial charge in [0, 0.05) is 42.3 Å². The lowest BCUT2D eigenvalue weighted by atomic mass is 10.0. The first kappa shape index (κ1) is 23.5. The van der Waals surface area contributed by atoms with E-state index in [-0.39, 0.29) is 18.0 Å². The fourth-order valence-electron chi connectivity index (χ4n) is 4.00. The number of anilines is 1. The number of unbranched alkanes of at least 4 members (excludes halogenated alkanes) is 2. The Kier molecular flexibility index (Phi) is 8.06. The largest absolute Gasteiger partial charge is 0.385 e. The summed E-state index contributed by atoms with van der Waals surface area (Å²) in [6, 6.07) is 15.8. The van der Waals surface area contributed by atoms with Crippen molar-refractivity contribution in [2.45, 2.75) is 46.1 Å². The molecule has 0 saturated carbocycles. The molecule has 0 saturated heterocycles. The lowest BCUT2D eigenvalue weighted by Crippen LogP contribution is -2.09. The number of aromatic amines is 1. The number of nitrogens with zero attached hydrogens (tertiary/aromatic N) is 3. The zero-order valence-electron chi connectivity index (χ0n) is 18.6. The van der Waals surface area contributed by atoms with Gasteiger partial charge in [-0.1, -0.05) is 37.3 Å². The maximum atomic E-state index is 12.0. The second-order valence-corrected chi connectivity index (χ2v) is 7.86. The minimum Gasteiger partial charge on any atom is -0.385 e. The summed E-state index contributed by atoms with van der Waals surface area (Å²) in [7, 11) is 0. The number of benzene rings is 2. The number of fused-ring (bicyclic) bond motifs is 1. The van der Waals surface area contributed by atoms with Crippen LogP contribution in [0.1, 0.15) is 37.7 Å². The molecule has 7 heteroatoms. The van der Waals surface area contributed by atoms with Crippen LogP contribution in [0.25, 0.3) is 22.0 Å². The smallest absolute Gasteiger partial charge is 0.272 e. The van der Waals surface area contributed by atoms with E-state index < -0.39 is 0 Å². The maximum absolute atomic E-state index is 12.0. The second kappa shape index (κ2) is 11.0. The standard InChI is InChI=1S/C25H29N5O.ClH/c1-3-23-27-18(2)17-30(23)15-8-4-7-14-26-20-11-9-10-19(16-20)24-21-12-5-6-13-22(21)25(31)29-28-24;/h5-6,9-13,16-17,26H,3-4,7-8,14-15H2,1-2H3,(H,29,31);1H. The molecule has 0 aliphatic heterocycles. The topological polar surface area (TPSA) is 75.6 Å². The Morgan fingerprint density at radius 2 is 1.84 bits per heavy atom. The van der Waals surface area contributed by atoms with Gasteiger partial charge in [-0.2, -0.15) is 5.10 Å². The summed E-state index contributed by atoms with van der Waals surface area (Å²) in [5.74, 6) is 1.18. The van der Waals surface area contributed by atoms with Crippen LogP contribution in [0.2, 0.25) is 0 Å². The lowest BCUT2D eigenvalue weighted by molar-refractivity contribution is 0.577. The molecule has 2 N–H and O–H groups in total. The van der Waals surface area contributed by atoms with Gasteiger partial charge in [-0.15, -0.1) is 12.4 Å². The Hall–Kier alpha value is -3.12. The molecular weight excluding hydrogens is 422 g/mol. The van der Waals surface area contributed by atoms with E-state index in [9.17, 15) is 4.79 Å². The van der Waals surface area contributed by atoms with Gasteiger partial charge in [0.1, 0.15) is 5.82 Å². The predicted octanol–water partition coefficient (Wildman–Crippen LogP) is 5.36. The van der Waals surface area contributed by atoms with Gasteiger partial charge >= 0.3 is 0 Å². The third-order valence-corrected chi connectivity index (χ3v) is 5.53. The monoisotopic (exact) mass is 451 g/mol. The molecular formula is C25H30ClN5O. The average Bonchev–Trinajstić information content (AvgIpc) is 3.16. The number of H-pyrrole nitrogens is 1. The van der Waals surface area contributed by atoms with Gasteiger partial charge in [-0.25, -0.2) is 10.1 Å². The number of halogens is 1. The molecule has 0 aliphatic carbocycles. The van der Waals surface area contributed by atoms with Crippen LogP contribution in [-0.2, 0) is 13.0 Å². The van der Waals surface area contributed by atoms with Crippen LogP contribution in [-0.4, -0.2) is 26.3 Å². The van der Waals surface area contributed by atoms with Crippen LogP contribution in [0.5, 0.6) is 0 Å². The predicted molar refractivity (Wildman–Crippen MR) is 134 cm³/mol. The molecule has 0 radical (unpaired) electrons. The van der Waals surface area contributed by atoms with E-state index >= 15 is 0 Å². The molecule has 0 aliphatic rings. The molecule has 0 atom stereocenters. The van der Waals surface area contributed by atoms with Gasteiger partial charge in [0.25, 0.3) is 5.56 Å². The highest BCUT2D eigenvalue weighted by atomic mass is 35.5. The molecule has 4 rings (SSSR count). The highest BCUT2D eigenvalue weighted by Gasteiger charge is 2.09. The van der Waals surface area contributed by atoms with Gasteiger partial charge in [-0.3, -0.25) is 4.79 Å². The van der Waals surface area contributed by atoms with Crippen LogP contribution in [0, 0.1) is 6.92 Å². The van der Waals surface area contributed by atoms with Crippen molar-refractivity contribution in [3.63, 3.8) is 0 Å². The average molecular weight is 452 g/mol. The van der Waals surface area contributed by atoms with Crippen LogP contribution in [0.4, 0.5) is 5.69 Å². The van der Waals surface area contributed by atoms with Crippen LogP contribution in [0.3, 0.4) is 0 Å². The minimum atomic E-state index is -0.162. The second-order valence-electron chi connectivity index (χ2n) is 7.86. The Morgan fingerprint density at radius 3 is 2.66 bits per heavy atom. The zero-order valence-corrected chi connectivity index (χ0v) is 19.4. The number of nitrogens with one attached hydrogen (secondary N) is 2. The van der Waals surface area contributed by atoms with E-state index in [1.807, 2.05) is 36.4 Å². The fourth-order valence-corrected chi connectivity index (χ4v) is 4.00. The number of imidazole rings is 1. The Morgan fingerprint density at radius 1 is 1.03 bits per heavy atom. The number of aromatic nitrogens is 4. The molecule has 0 unspecified atom stereocenters. The van der Waals surface area contributed by atoms with Crippen molar-refractivity contribution in [1.82, 2.24) is 19.7 Å². The number of rotatable bonds is 9. The van der Waals surface area contributed by atoms with Gasteiger partial charge < -0.3 is 9.88 Å². The third-order valence-electron chi connectivity index (χ3n) is 5.53. The van der Waals surface area contributed by atoms with E-state index in [0.29, 0.717) is 5.39 Å². The van der Waals surface area contributed by atoms with Crippen molar-refractivity contribution in [2.75, 3.05) is 11.9 Å². The molecule has 0 fully saturated rings. The Balaban J connectivity index is 0.00000289. The van der Waals surface area contributed by atoms with E-state index in [0.717, 1.165) is 60.4 Å². The van der Waals surface area contributed by atoms with Crippen molar-refractivity contribution in [2.24, 2.45) is 0 Å². The molecule has 168 valence electrons. The van der Waals surface area contributed by atoms with E-state index in [4.69, 9.17) is 0 Å². The molecule has 4 aromatic rings. The van der Waals surface area contributed by atoms with E-state index in [2.05, 4.69) is 57.2 Å². The van der Waals surface area contributed by atoms with Gasteiger partial charge in [0.15, 0.2) is 0 Å². The number of hydrogen-bond acceptors (Lipinski definition) is 4. The fraction of sp³-hybridized carbons (Fsp3) is 0.320. The molecule has 2 heterocycles. The SMILES string of the molecule is CCc1nc(C)cn1CCCCCNc1cccc(-c2n[nH]c(=O)c3ccccc23)c1.Cl. The normalized spacial score (nSPS) is 10.8. The van der Waals surface area contributed by atoms with Gasteiger partial charge in [0.05, 0.1) is 16.8 Å². The first-order valence-electron chi connectivity index (χ1n) is 11.0. The van der Waals surface area contributed by atoms with Gasteiger partial charge in [-0.05, 0) is 44.4 Å². The van der Waals surface area contributed by atoms with Crippen LogP contribution in [0.15, 0.2) is 59.5 Å². The zero-order chi connectivity index (χ0) is 21.6. The summed E-state index contributed by atoms with van der Waals surface area (Å²) in [6.07, 6.45) is 6.55. The van der Waals surface area contributed by atoms with Crippen molar-refractivity contribution in [3.05, 3.63) is 76.6 Å². The minimum absolute atomic E-state index is 0. The third kappa shape index (κ3) is 5.37.